The third-order valence-electron chi connectivity index (χ3n) is 3.24. The predicted molar refractivity (Wildman–Crippen MR) is 63.0 cm³/mol. The summed E-state index contributed by atoms with van der Waals surface area (Å²) in [6, 6.07) is 0. The Kier molecular flexibility index (Phi) is 3.15. The number of thiazole rings is 1. The highest BCUT2D eigenvalue weighted by Crippen LogP contribution is 2.30. The summed E-state index contributed by atoms with van der Waals surface area (Å²) in [7, 11) is 0. The lowest BCUT2D eigenvalue weighted by molar-refractivity contribution is -0.150. The van der Waals surface area contributed by atoms with E-state index in [1.54, 1.807) is 12.4 Å². The summed E-state index contributed by atoms with van der Waals surface area (Å²) in [6.45, 7) is 2.12. The number of likely N-dealkylation sites (tertiary alicyclic amines) is 1. The smallest absolute Gasteiger partial charge is 0.329 e. The molecule has 2 rings (SSSR count). The van der Waals surface area contributed by atoms with Crippen LogP contribution in [-0.4, -0.2) is 39.0 Å². The Balaban J connectivity index is 2.29. The molecule has 0 spiro atoms. The summed E-state index contributed by atoms with van der Waals surface area (Å²) >= 11 is 1.24. The van der Waals surface area contributed by atoms with E-state index in [4.69, 9.17) is 0 Å². The Hall–Kier alpha value is -1.43. The van der Waals surface area contributed by atoms with Crippen molar-refractivity contribution in [3.8, 4) is 0 Å². The van der Waals surface area contributed by atoms with E-state index in [-0.39, 0.29) is 5.91 Å². The quantitative estimate of drug-likeness (QED) is 0.870. The molecule has 1 aromatic rings. The fourth-order valence-electron chi connectivity index (χ4n) is 2.12. The van der Waals surface area contributed by atoms with Gasteiger partial charge in [-0.05, 0) is 26.2 Å². The first-order valence-electron chi connectivity index (χ1n) is 5.49. The van der Waals surface area contributed by atoms with Crippen molar-refractivity contribution < 1.29 is 14.7 Å². The zero-order valence-electron chi connectivity index (χ0n) is 9.55. The van der Waals surface area contributed by atoms with Gasteiger partial charge in [0.25, 0.3) is 5.91 Å². The molecule has 2 heterocycles. The minimum absolute atomic E-state index is 0.225. The van der Waals surface area contributed by atoms with Gasteiger partial charge in [-0.15, -0.1) is 11.3 Å². The van der Waals surface area contributed by atoms with Crippen molar-refractivity contribution in [2.75, 3.05) is 6.54 Å². The number of carboxylic acid groups (broad SMARTS) is 1. The van der Waals surface area contributed by atoms with Gasteiger partial charge < -0.3 is 10.0 Å². The molecular weight excluding hydrogens is 240 g/mol. The lowest BCUT2D eigenvalue weighted by atomic mass is 9.88. The Bertz CT molecular complexity index is 432. The predicted octanol–water partition coefficient (Wildman–Crippen LogP) is 1.61. The molecule has 0 bridgehead atoms. The molecule has 1 amide bonds. The van der Waals surface area contributed by atoms with Crippen molar-refractivity contribution >= 4 is 23.2 Å². The number of hydrogen-bond acceptors (Lipinski definition) is 4. The van der Waals surface area contributed by atoms with E-state index in [1.807, 2.05) is 0 Å². The van der Waals surface area contributed by atoms with Crippen molar-refractivity contribution in [1.29, 1.82) is 0 Å². The number of hydrogen-bond donors (Lipinski definition) is 1. The molecule has 92 valence electrons. The lowest BCUT2D eigenvalue weighted by Gasteiger charge is -2.41. The van der Waals surface area contributed by atoms with Crippen molar-refractivity contribution in [3.05, 3.63) is 16.6 Å². The van der Waals surface area contributed by atoms with Crippen molar-refractivity contribution in [1.82, 2.24) is 9.88 Å². The maximum Gasteiger partial charge on any atom is 0.329 e. The van der Waals surface area contributed by atoms with Gasteiger partial charge in [-0.2, -0.15) is 0 Å². The second kappa shape index (κ2) is 4.44. The molecule has 1 aliphatic heterocycles. The number of aliphatic carboxylic acids is 1. The average molecular weight is 254 g/mol. The zero-order chi connectivity index (χ0) is 12.5. The molecule has 1 unspecified atom stereocenters. The van der Waals surface area contributed by atoms with Crippen LogP contribution in [-0.2, 0) is 4.79 Å². The molecule has 1 saturated heterocycles. The minimum atomic E-state index is -1.08. The lowest BCUT2D eigenvalue weighted by Crippen LogP contribution is -2.57. The average Bonchev–Trinajstić information content (AvgIpc) is 2.82. The number of carboxylic acids is 1. The van der Waals surface area contributed by atoms with Crippen LogP contribution in [0, 0.1) is 0 Å². The number of amides is 1. The van der Waals surface area contributed by atoms with Gasteiger partial charge in [-0.25, -0.2) is 4.79 Å². The normalized spacial score (nSPS) is 24.6. The molecule has 1 N–H and O–H groups in total. The Morgan fingerprint density at radius 2 is 2.29 bits per heavy atom. The number of carbonyl (C=O) groups is 2. The number of rotatable bonds is 2. The molecule has 1 fully saturated rings. The highest BCUT2D eigenvalue weighted by Gasteiger charge is 2.44. The van der Waals surface area contributed by atoms with Gasteiger partial charge in [0, 0.05) is 6.54 Å². The standard InChI is InChI=1S/C11H14N2O3S/c1-11(10(15)16)4-2-3-5-13(11)9(14)8-6-12-7-17-8/h6-7H,2-5H2,1H3,(H,15,16). The largest absolute Gasteiger partial charge is 0.480 e. The molecule has 1 atom stereocenters. The van der Waals surface area contributed by atoms with Gasteiger partial charge in [-0.3, -0.25) is 9.78 Å². The number of piperidine rings is 1. The topological polar surface area (TPSA) is 70.5 Å². The molecule has 0 radical (unpaired) electrons. The summed E-state index contributed by atoms with van der Waals surface area (Å²) in [5.74, 6) is -1.16. The Labute approximate surface area is 103 Å². The Morgan fingerprint density at radius 1 is 1.53 bits per heavy atom. The zero-order valence-corrected chi connectivity index (χ0v) is 10.4. The van der Waals surface area contributed by atoms with Crippen LogP contribution in [0.4, 0.5) is 0 Å². The van der Waals surface area contributed by atoms with Crippen molar-refractivity contribution in [3.63, 3.8) is 0 Å². The van der Waals surface area contributed by atoms with Crippen molar-refractivity contribution in [2.24, 2.45) is 0 Å². The fourth-order valence-corrected chi connectivity index (χ4v) is 2.69. The molecule has 0 saturated carbocycles. The monoisotopic (exact) mass is 254 g/mol. The van der Waals surface area contributed by atoms with Gasteiger partial charge in [0.2, 0.25) is 0 Å². The first-order valence-corrected chi connectivity index (χ1v) is 6.37. The van der Waals surface area contributed by atoms with E-state index in [2.05, 4.69) is 4.98 Å². The molecule has 1 aromatic heterocycles. The van der Waals surface area contributed by atoms with Crippen LogP contribution in [0.3, 0.4) is 0 Å². The maximum atomic E-state index is 12.2. The molecule has 6 heteroatoms. The van der Waals surface area contributed by atoms with Crippen molar-refractivity contribution in [2.45, 2.75) is 31.7 Å². The van der Waals surface area contributed by atoms with E-state index < -0.39 is 11.5 Å². The van der Waals surface area contributed by atoms with Gasteiger partial charge >= 0.3 is 5.97 Å². The summed E-state index contributed by atoms with van der Waals surface area (Å²) in [4.78, 5) is 29.4. The first kappa shape index (κ1) is 12.0. The summed E-state index contributed by atoms with van der Waals surface area (Å²) in [6.07, 6.45) is 3.69. The number of aromatic nitrogens is 1. The summed E-state index contributed by atoms with van der Waals surface area (Å²) < 4.78 is 0. The number of nitrogens with zero attached hydrogens (tertiary/aromatic N) is 2. The molecule has 5 nitrogen and oxygen atoms in total. The SMILES string of the molecule is CC1(C(=O)O)CCCCN1C(=O)c1cncs1. The van der Waals surface area contributed by atoms with E-state index in [1.165, 1.54) is 22.4 Å². The van der Waals surface area contributed by atoms with Gasteiger partial charge in [0.15, 0.2) is 0 Å². The summed E-state index contributed by atoms with van der Waals surface area (Å²) in [5.41, 5.74) is 0.495. The Morgan fingerprint density at radius 3 is 2.88 bits per heavy atom. The highest BCUT2D eigenvalue weighted by atomic mass is 32.1. The maximum absolute atomic E-state index is 12.2. The van der Waals surface area contributed by atoms with Crippen LogP contribution in [0.2, 0.25) is 0 Å². The van der Waals surface area contributed by atoms with Crippen LogP contribution < -0.4 is 0 Å². The molecule has 1 aliphatic rings. The van der Waals surface area contributed by atoms with E-state index in [0.29, 0.717) is 17.8 Å². The van der Waals surface area contributed by atoms with E-state index in [0.717, 1.165) is 12.8 Å². The van der Waals surface area contributed by atoms with Crippen LogP contribution >= 0.6 is 11.3 Å². The van der Waals surface area contributed by atoms with Gasteiger partial charge in [-0.1, -0.05) is 0 Å². The third kappa shape index (κ3) is 2.04. The van der Waals surface area contributed by atoms with Gasteiger partial charge in [0.1, 0.15) is 10.4 Å². The fraction of sp³-hybridized carbons (Fsp3) is 0.545. The molecule has 0 aliphatic carbocycles. The van der Waals surface area contributed by atoms with Crippen LogP contribution in [0.5, 0.6) is 0 Å². The molecular formula is C11H14N2O3S. The van der Waals surface area contributed by atoms with E-state index >= 15 is 0 Å². The molecule has 17 heavy (non-hydrogen) atoms. The van der Waals surface area contributed by atoms with Crippen LogP contribution in [0.25, 0.3) is 0 Å². The second-order valence-corrected chi connectivity index (χ2v) is 5.24. The minimum Gasteiger partial charge on any atom is -0.480 e. The highest BCUT2D eigenvalue weighted by molar-refractivity contribution is 7.11. The third-order valence-corrected chi connectivity index (χ3v) is 4.00. The first-order chi connectivity index (χ1) is 8.05. The van der Waals surface area contributed by atoms with E-state index in [9.17, 15) is 14.7 Å². The molecule has 0 aromatic carbocycles. The number of carbonyl (C=O) groups excluding carboxylic acids is 1. The second-order valence-electron chi connectivity index (χ2n) is 4.36. The van der Waals surface area contributed by atoms with Gasteiger partial charge in [0.05, 0.1) is 11.7 Å². The summed E-state index contributed by atoms with van der Waals surface area (Å²) in [5, 5.41) is 9.31. The van der Waals surface area contributed by atoms with Crippen LogP contribution in [0.15, 0.2) is 11.7 Å². The van der Waals surface area contributed by atoms with Crippen LogP contribution in [0.1, 0.15) is 35.9 Å².